The number of hydrogen-bond acceptors (Lipinski definition) is 3. The van der Waals surface area contributed by atoms with Gasteiger partial charge in [-0.15, -0.1) is 0 Å². The largest absolute Gasteiger partial charge is 0.361 e. The van der Waals surface area contributed by atoms with Gasteiger partial charge in [0.25, 0.3) is 0 Å². The molecule has 0 aliphatic carbocycles. The number of rotatable bonds is 6. The smallest absolute Gasteiger partial charge is 0.237 e. The van der Waals surface area contributed by atoms with Gasteiger partial charge in [0.15, 0.2) is 0 Å². The number of carbonyl (C=O) groups excluding carboxylic acids is 2. The van der Waals surface area contributed by atoms with E-state index in [-0.39, 0.29) is 11.8 Å². The quantitative estimate of drug-likeness (QED) is 0.575. The number of benzene rings is 1. The minimum atomic E-state index is -0.610. The summed E-state index contributed by atoms with van der Waals surface area (Å²) in [5.74, 6) is -0.335. The van der Waals surface area contributed by atoms with Crippen LogP contribution >= 0.6 is 0 Å². The summed E-state index contributed by atoms with van der Waals surface area (Å²) in [6.07, 6.45) is 2.35. The van der Waals surface area contributed by atoms with Crippen molar-refractivity contribution in [1.82, 2.24) is 15.6 Å². The lowest BCUT2D eigenvalue weighted by Crippen LogP contribution is -2.44. The van der Waals surface area contributed by atoms with Crippen molar-refractivity contribution in [2.45, 2.75) is 19.4 Å². The lowest BCUT2D eigenvalue weighted by Gasteiger charge is -2.12. The van der Waals surface area contributed by atoms with Crippen LogP contribution in [-0.2, 0) is 16.0 Å². The zero-order valence-corrected chi connectivity index (χ0v) is 12.0. The first kappa shape index (κ1) is 15.1. The van der Waals surface area contributed by atoms with Crippen LogP contribution in [0.1, 0.15) is 12.5 Å². The third kappa shape index (κ3) is 4.06. The Kier molecular flexibility index (Phi) is 4.94. The molecule has 0 saturated heterocycles. The van der Waals surface area contributed by atoms with Crippen LogP contribution in [0.2, 0.25) is 0 Å². The van der Waals surface area contributed by atoms with Gasteiger partial charge in [-0.1, -0.05) is 18.2 Å². The number of aromatic nitrogens is 1. The maximum absolute atomic E-state index is 11.9. The van der Waals surface area contributed by atoms with E-state index >= 15 is 0 Å². The van der Waals surface area contributed by atoms with Gasteiger partial charge >= 0.3 is 0 Å². The Morgan fingerprint density at radius 3 is 2.71 bits per heavy atom. The molecule has 1 aromatic heterocycles. The zero-order chi connectivity index (χ0) is 15.2. The van der Waals surface area contributed by atoms with Gasteiger partial charge < -0.3 is 21.4 Å². The Morgan fingerprint density at radius 2 is 1.95 bits per heavy atom. The number of hydrogen-bond donors (Lipinski definition) is 4. The molecule has 21 heavy (non-hydrogen) atoms. The summed E-state index contributed by atoms with van der Waals surface area (Å²) in [5.41, 5.74) is 7.98. The molecule has 0 spiro atoms. The average molecular weight is 288 g/mol. The van der Waals surface area contributed by atoms with Gasteiger partial charge in [-0.3, -0.25) is 9.59 Å². The van der Waals surface area contributed by atoms with Crippen molar-refractivity contribution in [3.8, 4) is 0 Å². The highest BCUT2D eigenvalue weighted by atomic mass is 16.2. The molecule has 2 amide bonds. The molecule has 6 heteroatoms. The van der Waals surface area contributed by atoms with Crippen molar-refractivity contribution in [3.63, 3.8) is 0 Å². The minimum absolute atomic E-state index is 0.118. The van der Waals surface area contributed by atoms with Crippen LogP contribution < -0.4 is 16.4 Å². The summed E-state index contributed by atoms with van der Waals surface area (Å²) in [6.45, 7) is 2.21. The topological polar surface area (TPSA) is 100 Å². The number of carbonyl (C=O) groups is 2. The van der Waals surface area contributed by atoms with E-state index in [1.54, 1.807) is 0 Å². The highest BCUT2D eigenvalue weighted by Gasteiger charge is 2.15. The van der Waals surface area contributed by atoms with Crippen LogP contribution in [0.25, 0.3) is 10.9 Å². The second-order valence-corrected chi connectivity index (χ2v) is 4.94. The molecule has 2 aromatic rings. The third-order valence-corrected chi connectivity index (χ3v) is 3.25. The number of para-hydroxylation sites is 1. The molecule has 0 bridgehead atoms. The molecule has 1 heterocycles. The van der Waals surface area contributed by atoms with Gasteiger partial charge in [0.1, 0.15) is 0 Å². The highest BCUT2D eigenvalue weighted by molar-refractivity contribution is 5.86. The third-order valence-electron chi connectivity index (χ3n) is 3.25. The molecular formula is C15H20N4O2. The molecule has 2 rings (SSSR count). The summed E-state index contributed by atoms with van der Waals surface area (Å²) in [5, 5.41) is 6.40. The Bertz CT molecular complexity index is 635. The summed E-state index contributed by atoms with van der Waals surface area (Å²) in [6, 6.07) is 7.29. The van der Waals surface area contributed by atoms with E-state index in [4.69, 9.17) is 5.73 Å². The molecule has 0 fully saturated rings. The van der Waals surface area contributed by atoms with Crippen molar-refractivity contribution in [1.29, 1.82) is 0 Å². The Hall–Kier alpha value is -2.34. The Balaban J connectivity index is 1.87. The van der Waals surface area contributed by atoms with Crippen LogP contribution in [0, 0.1) is 0 Å². The fraction of sp³-hybridized carbons (Fsp3) is 0.333. The summed E-state index contributed by atoms with van der Waals surface area (Å²) in [4.78, 5) is 25.8. The summed E-state index contributed by atoms with van der Waals surface area (Å²) >= 11 is 0. The number of fused-ring (bicyclic) bond motifs is 1. The van der Waals surface area contributed by atoms with Crippen molar-refractivity contribution in [2.24, 2.45) is 5.73 Å². The molecular weight excluding hydrogens is 268 g/mol. The van der Waals surface area contributed by atoms with E-state index in [1.807, 2.05) is 30.5 Å². The van der Waals surface area contributed by atoms with Crippen molar-refractivity contribution in [3.05, 3.63) is 36.0 Å². The second-order valence-electron chi connectivity index (χ2n) is 4.94. The lowest BCUT2D eigenvalue weighted by atomic mass is 10.1. The number of amides is 2. The first-order chi connectivity index (χ1) is 10.1. The molecule has 1 aromatic carbocycles. The molecule has 0 radical (unpaired) electrons. The van der Waals surface area contributed by atoms with Gasteiger partial charge in [-0.05, 0) is 18.1 Å². The molecule has 0 aliphatic heterocycles. The van der Waals surface area contributed by atoms with Crippen molar-refractivity contribution >= 4 is 22.7 Å². The van der Waals surface area contributed by atoms with Crippen molar-refractivity contribution < 1.29 is 9.59 Å². The standard InChI is InChI=1S/C15H20N4O2/c1-10(20)17-6-7-18-15(21)13(16)8-11-9-19-14-5-3-2-4-12(11)14/h2-5,9,13,19H,6-8,16H2,1H3,(H,17,20)(H,18,21)/t13-/m1/s1. The van der Waals surface area contributed by atoms with Crippen LogP contribution in [0.3, 0.4) is 0 Å². The number of H-pyrrole nitrogens is 1. The summed E-state index contributed by atoms with van der Waals surface area (Å²) in [7, 11) is 0. The van der Waals surface area contributed by atoms with Gasteiger partial charge in [-0.25, -0.2) is 0 Å². The van der Waals surface area contributed by atoms with Crippen molar-refractivity contribution in [2.75, 3.05) is 13.1 Å². The van der Waals surface area contributed by atoms with E-state index < -0.39 is 6.04 Å². The van der Waals surface area contributed by atoms with E-state index in [0.717, 1.165) is 16.5 Å². The lowest BCUT2D eigenvalue weighted by molar-refractivity contribution is -0.123. The van der Waals surface area contributed by atoms with E-state index in [0.29, 0.717) is 19.5 Å². The van der Waals surface area contributed by atoms with E-state index in [2.05, 4.69) is 15.6 Å². The van der Waals surface area contributed by atoms with Gasteiger partial charge in [-0.2, -0.15) is 0 Å². The molecule has 6 nitrogen and oxygen atoms in total. The molecule has 112 valence electrons. The maximum atomic E-state index is 11.9. The predicted octanol–water partition coefficient (Wildman–Crippen LogP) is 0.290. The molecule has 0 saturated carbocycles. The van der Waals surface area contributed by atoms with E-state index in [9.17, 15) is 9.59 Å². The van der Waals surface area contributed by atoms with Crippen LogP contribution in [0.4, 0.5) is 0 Å². The highest BCUT2D eigenvalue weighted by Crippen LogP contribution is 2.18. The zero-order valence-electron chi connectivity index (χ0n) is 12.0. The van der Waals surface area contributed by atoms with Crippen LogP contribution in [-0.4, -0.2) is 35.9 Å². The Labute approximate surface area is 123 Å². The first-order valence-electron chi connectivity index (χ1n) is 6.90. The number of nitrogens with one attached hydrogen (secondary N) is 3. The normalized spacial score (nSPS) is 12.1. The maximum Gasteiger partial charge on any atom is 0.237 e. The predicted molar refractivity (Wildman–Crippen MR) is 81.7 cm³/mol. The van der Waals surface area contributed by atoms with E-state index in [1.165, 1.54) is 6.92 Å². The van der Waals surface area contributed by atoms with Gasteiger partial charge in [0.2, 0.25) is 11.8 Å². The number of nitrogens with two attached hydrogens (primary N) is 1. The molecule has 1 atom stereocenters. The molecule has 5 N–H and O–H groups in total. The first-order valence-corrected chi connectivity index (χ1v) is 6.90. The number of aromatic amines is 1. The van der Waals surface area contributed by atoms with Gasteiger partial charge in [0.05, 0.1) is 6.04 Å². The minimum Gasteiger partial charge on any atom is -0.361 e. The van der Waals surface area contributed by atoms with Gasteiger partial charge in [0, 0.05) is 37.1 Å². The fourth-order valence-electron chi connectivity index (χ4n) is 2.19. The van der Waals surface area contributed by atoms with Crippen LogP contribution in [0.15, 0.2) is 30.5 Å². The molecule has 0 aliphatic rings. The van der Waals surface area contributed by atoms with Crippen LogP contribution in [0.5, 0.6) is 0 Å². The fourth-order valence-corrected chi connectivity index (χ4v) is 2.19. The SMILES string of the molecule is CC(=O)NCCNC(=O)[C@H](N)Cc1c[nH]c2ccccc12. The second kappa shape index (κ2) is 6.90. The monoisotopic (exact) mass is 288 g/mol. The Morgan fingerprint density at radius 1 is 1.24 bits per heavy atom. The molecule has 0 unspecified atom stereocenters. The summed E-state index contributed by atoms with van der Waals surface area (Å²) < 4.78 is 0. The average Bonchev–Trinajstić information content (AvgIpc) is 2.86.